The maximum Gasteiger partial charge on any atom is 0.446 e. The summed E-state index contributed by atoms with van der Waals surface area (Å²) in [5, 5.41) is 7.06. The minimum Gasteiger partial charge on any atom is -0.493 e. The summed E-state index contributed by atoms with van der Waals surface area (Å²) in [6.45, 7) is 4.73. The van der Waals surface area contributed by atoms with Crippen LogP contribution in [0.1, 0.15) is 39.9 Å². The van der Waals surface area contributed by atoms with Gasteiger partial charge < -0.3 is 29.2 Å². The third kappa shape index (κ3) is 8.34. The molecular weight excluding hydrogens is 807 g/mol. The van der Waals surface area contributed by atoms with Crippen molar-refractivity contribution in [3.63, 3.8) is 0 Å². The average molecular weight is 844 g/mol. The van der Waals surface area contributed by atoms with Crippen molar-refractivity contribution in [3.05, 3.63) is 117 Å². The highest BCUT2D eigenvalue weighted by atomic mass is 32.2. The lowest BCUT2D eigenvalue weighted by Crippen LogP contribution is -2.51. The zero-order chi connectivity index (χ0) is 42.1. The number of nitrogens with zero attached hydrogens (tertiary/aromatic N) is 8. The molecule has 0 atom stereocenters. The second kappa shape index (κ2) is 16.6. The van der Waals surface area contributed by atoms with E-state index in [1.165, 1.54) is 10.9 Å². The first-order chi connectivity index (χ1) is 28.9. The Bertz CT molecular complexity index is 2670. The summed E-state index contributed by atoms with van der Waals surface area (Å²) >= 11 is -0.472. The smallest absolute Gasteiger partial charge is 0.446 e. The highest BCUT2D eigenvalue weighted by Crippen LogP contribution is 2.38. The first kappa shape index (κ1) is 40.3. The number of ether oxygens (including phenoxy) is 2. The van der Waals surface area contributed by atoms with Crippen molar-refractivity contribution in [2.75, 3.05) is 43.0 Å². The van der Waals surface area contributed by atoms with Gasteiger partial charge in [0.05, 0.1) is 23.7 Å². The molecule has 310 valence electrons. The number of piperazine rings is 1. The Hall–Kier alpha value is -6.50. The quantitative estimate of drug-likeness (QED) is 0.119. The second-order valence-electron chi connectivity index (χ2n) is 14.0. The fourth-order valence-electron chi connectivity index (χ4n) is 7.30. The number of hydrogen-bond donors (Lipinski definition) is 1. The number of amides is 2. The Labute approximate surface area is 344 Å². The molecule has 2 amide bonds. The molecule has 0 spiro atoms. The van der Waals surface area contributed by atoms with Crippen LogP contribution in [0.3, 0.4) is 0 Å². The van der Waals surface area contributed by atoms with Crippen molar-refractivity contribution in [1.82, 2.24) is 34.0 Å². The molecule has 2 aliphatic heterocycles. The highest BCUT2D eigenvalue weighted by molar-refractivity contribution is 8.00. The summed E-state index contributed by atoms with van der Waals surface area (Å²) < 4.78 is 68.1. The summed E-state index contributed by atoms with van der Waals surface area (Å²) in [5.74, 6) is -0.838. The number of anilines is 2. The molecule has 5 heterocycles. The zero-order valence-electron chi connectivity index (χ0n) is 32.3. The van der Waals surface area contributed by atoms with E-state index in [-0.39, 0.29) is 84.4 Å². The standard InChI is InChI=1S/C41H37F4N9O5S/c1-3-31-35(51-14-16-52(17-15-51)38(56)34-36(24(2)46-23-47-34)59-22-25-7-5-4-6-8-25)39(57)54-40(49-37(50-54)27-9-12-32-26(19-27)13-18-58-32)53(31)21-33(55)48-30-11-10-28(20-29(30)42)60-41(43,44)45/h4-12,19-20,23H,3,13-18,21-22H2,1-2H3,(H,48,55). The number of alkyl halides is 3. The Morgan fingerprint density at radius 1 is 1.00 bits per heavy atom. The van der Waals surface area contributed by atoms with Gasteiger partial charge >= 0.3 is 5.51 Å². The van der Waals surface area contributed by atoms with Crippen LogP contribution in [0.5, 0.6) is 11.5 Å². The van der Waals surface area contributed by atoms with Gasteiger partial charge in [-0.15, -0.1) is 5.10 Å². The molecule has 1 saturated heterocycles. The van der Waals surface area contributed by atoms with E-state index in [4.69, 9.17) is 14.5 Å². The summed E-state index contributed by atoms with van der Waals surface area (Å²) in [6, 6.07) is 17.8. The predicted octanol–water partition coefficient (Wildman–Crippen LogP) is 6.08. The van der Waals surface area contributed by atoms with E-state index < -0.39 is 41.1 Å². The van der Waals surface area contributed by atoms with Crippen molar-refractivity contribution >= 4 is 40.7 Å². The van der Waals surface area contributed by atoms with Crippen molar-refractivity contribution < 1.29 is 36.6 Å². The second-order valence-corrected chi connectivity index (χ2v) is 15.2. The lowest BCUT2D eigenvalue weighted by molar-refractivity contribution is -0.116. The number of thioether (sulfide) groups is 1. The van der Waals surface area contributed by atoms with Crippen LogP contribution in [0.2, 0.25) is 0 Å². The molecule has 1 N–H and O–H groups in total. The summed E-state index contributed by atoms with van der Waals surface area (Å²) in [4.78, 5) is 58.4. The summed E-state index contributed by atoms with van der Waals surface area (Å²) in [6.07, 6.45) is 2.26. The zero-order valence-corrected chi connectivity index (χ0v) is 33.1. The van der Waals surface area contributed by atoms with Gasteiger partial charge in [0.2, 0.25) is 11.7 Å². The predicted molar refractivity (Wildman–Crippen MR) is 214 cm³/mol. The molecule has 8 rings (SSSR count). The first-order valence-corrected chi connectivity index (χ1v) is 19.8. The molecule has 3 aromatic heterocycles. The Kier molecular flexibility index (Phi) is 11.2. The Morgan fingerprint density at radius 3 is 2.52 bits per heavy atom. The number of aryl methyl sites for hydroxylation is 1. The molecule has 3 aromatic carbocycles. The largest absolute Gasteiger partial charge is 0.493 e. The van der Waals surface area contributed by atoms with Gasteiger partial charge in [-0.05, 0) is 72.6 Å². The minimum atomic E-state index is -4.62. The molecule has 1 fully saturated rings. The number of carbonyl (C=O) groups excluding carboxylic acids is 2. The minimum absolute atomic E-state index is 0.0517. The van der Waals surface area contributed by atoms with Gasteiger partial charge in [-0.3, -0.25) is 14.4 Å². The third-order valence-corrected chi connectivity index (χ3v) is 10.9. The molecule has 0 saturated carbocycles. The molecule has 0 bridgehead atoms. The molecule has 19 heteroatoms. The van der Waals surface area contributed by atoms with Crippen molar-refractivity contribution in [1.29, 1.82) is 0 Å². The van der Waals surface area contributed by atoms with Crippen LogP contribution in [0.4, 0.5) is 28.9 Å². The molecular formula is C41H37F4N9O5S. The maximum atomic E-state index is 15.0. The maximum absolute atomic E-state index is 15.0. The number of benzene rings is 3. The number of rotatable bonds is 11. The lowest BCUT2D eigenvalue weighted by Gasteiger charge is -2.36. The van der Waals surface area contributed by atoms with E-state index in [1.54, 1.807) is 24.0 Å². The van der Waals surface area contributed by atoms with Gasteiger partial charge in [-0.25, -0.2) is 14.4 Å². The molecule has 2 aliphatic rings. The van der Waals surface area contributed by atoms with Crippen LogP contribution in [-0.2, 0) is 30.8 Å². The van der Waals surface area contributed by atoms with Gasteiger partial charge in [0, 0.05) is 43.1 Å². The fraction of sp³-hybridized carbons (Fsp3) is 0.293. The van der Waals surface area contributed by atoms with E-state index in [2.05, 4.69) is 20.4 Å². The van der Waals surface area contributed by atoms with Crippen molar-refractivity contribution in [2.45, 2.75) is 50.2 Å². The first-order valence-electron chi connectivity index (χ1n) is 19.0. The summed E-state index contributed by atoms with van der Waals surface area (Å²) in [7, 11) is 0. The number of carbonyl (C=O) groups is 2. The monoisotopic (exact) mass is 843 g/mol. The van der Waals surface area contributed by atoms with Crippen molar-refractivity contribution in [3.8, 4) is 22.9 Å². The number of hydrogen-bond acceptors (Lipinski definition) is 11. The van der Waals surface area contributed by atoms with Gasteiger partial charge in [-0.2, -0.15) is 22.7 Å². The SMILES string of the molecule is CCc1c(N2CCN(C(=O)c3ncnc(C)c3OCc3ccccc3)CC2)c(=O)n2nc(-c3ccc4c(c3)CCO4)nc2n1CC(=O)Nc1ccc(SC(F)(F)F)cc1F. The number of nitrogens with one attached hydrogen (secondary N) is 1. The molecule has 14 nitrogen and oxygen atoms in total. The van der Waals surface area contributed by atoms with Gasteiger partial charge in [0.15, 0.2) is 17.3 Å². The van der Waals surface area contributed by atoms with Crippen LogP contribution in [0, 0.1) is 12.7 Å². The van der Waals surface area contributed by atoms with Gasteiger partial charge in [0.1, 0.15) is 36.7 Å². The summed E-state index contributed by atoms with van der Waals surface area (Å²) in [5.41, 5.74) is -1.64. The number of aromatic nitrogens is 6. The van der Waals surface area contributed by atoms with Crippen molar-refractivity contribution in [2.24, 2.45) is 0 Å². The molecule has 6 aromatic rings. The number of fused-ring (bicyclic) bond motifs is 2. The highest BCUT2D eigenvalue weighted by Gasteiger charge is 2.32. The third-order valence-electron chi connectivity index (χ3n) is 10.2. The molecule has 0 radical (unpaired) electrons. The van der Waals surface area contributed by atoms with Crippen LogP contribution >= 0.6 is 11.8 Å². The fourth-order valence-corrected chi connectivity index (χ4v) is 7.87. The van der Waals surface area contributed by atoms with Crippen LogP contribution in [-0.4, -0.2) is 84.1 Å². The lowest BCUT2D eigenvalue weighted by atomic mass is 10.1. The van der Waals surface area contributed by atoms with Gasteiger partial charge in [0.25, 0.3) is 11.5 Å². The van der Waals surface area contributed by atoms with Crippen LogP contribution in [0.25, 0.3) is 17.2 Å². The molecule has 0 aliphatic carbocycles. The molecule has 60 heavy (non-hydrogen) atoms. The normalized spacial score (nSPS) is 14.0. The van der Waals surface area contributed by atoms with E-state index in [0.717, 1.165) is 33.5 Å². The van der Waals surface area contributed by atoms with E-state index in [9.17, 15) is 31.9 Å². The average Bonchev–Trinajstić information content (AvgIpc) is 3.90. The van der Waals surface area contributed by atoms with E-state index in [1.807, 2.05) is 48.2 Å². The van der Waals surface area contributed by atoms with E-state index >= 15 is 0 Å². The van der Waals surface area contributed by atoms with Crippen LogP contribution < -0.4 is 25.2 Å². The Morgan fingerprint density at radius 2 is 1.78 bits per heavy atom. The van der Waals surface area contributed by atoms with Gasteiger partial charge in [-0.1, -0.05) is 37.3 Å². The topological polar surface area (TPSA) is 149 Å². The van der Waals surface area contributed by atoms with E-state index in [0.29, 0.717) is 36.0 Å². The number of halogens is 4. The Balaban J connectivity index is 1.09. The van der Waals surface area contributed by atoms with Crippen LogP contribution in [0.15, 0.2) is 82.7 Å². The molecule has 0 unspecified atom stereocenters.